The zero-order valence-corrected chi connectivity index (χ0v) is 16.6. The van der Waals surface area contributed by atoms with E-state index in [1.54, 1.807) is 0 Å². The summed E-state index contributed by atoms with van der Waals surface area (Å²) in [6.07, 6.45) is 2.49. The molecule has 1 atom stereocenters. The van der Waals surface area contributed by atoms with Crippen LogP contribution in [-0.4, -0.2) is 43.6 Å². The lowest BCUT2D eigenvalue weighted by molar-refractivity contribution is -0.387. The normalized spacial score (nSPS) is 17.8. The van der Waals surface area contributed by atoms with Crippen molar-refractivity contribution in [3.05, 3.63) is 63.7 Å². The summed E-state index contributed by atoms with van der Waals surface area (Å²) < 4.78 is 51.6. The maximum Gasteiger partial charge on any atom is 0.288 e. The lowest BCUT2D eigenvalue weighted by Gasteiger charge is -2.33. The molecule has 1 aliphatic rings. The van der Waals surface area contributed by atoms with E-state index in [-0.39, 0.29) is 23.0 Å². The van der Waals surface area contributed by atoms with Crippen LogP contribution < -0.4 is 5.32 Å². The van der Waals surface area contributed by atoms with Gasteiger partial charge in [-0.2, -0.15) is 0 Å². The van der Waals surface area contributed by atoms with Gasteiger partial charge in [-0.15, -0.1) is 0 Å². The zero-order valence-electron chi connectivity index (χ0n) is 15.8. The van der Waals surface area contributed by atoms with Gasteiger partial charge in [-0.05, 0) is 43.7 Å². The van der Waals surface area contributed by atoms with Crippen molar-refractivity contribution in [3.63, 3.8) is 0 Å². The maximum absolute atomic E-state index is 13.9. The van der Waals surface area contributed by atoms with Crippen LogP contribution in [0.4, 0.5) is 20.2 Å². The first kappa shape index (κ1) is 21.1. The second kappa shape index (κ2) is 8.42. The highest BCUT2D eigenvalue weighted by Gasteiger charge is 2.25. The van der Waals surface area contributed by atoms with E-state index in [2.05, 4.69) is 5.32 Å². The van der Waals surface area contributed by atoms with Gasteiger partial charge in [0.15, 0.2) is 9.84 Å². The number of hydrogen-bond acceptors (Lipinski definition) is 6. The van der Waals surface area contributed by atoms with E-state index in [4.69, 9.17) is 0 Å². The SMILES string of the molecule is CS(=O)(=O)c1cc(NC2CCCN(Cc3c(F)cccc3F)C2)ccc1[N+](=O)[O-]. The standard InChI is InChI=1S/C19H21F2N3O4S/c1-29(27,28)19-10-13(7-8-18(19)24(25)26)22-14-4-3-9-23(11-14)12-15-16(20)5-2-6-17(15)21/h2,5-8,10,14,22H,3-4,9,11-12H2,1H3. The fraction of sp³-hybridized carbons (Fsp3) is 0.368. The molecular weight excluding hydrogens is 404 g/mol. The molecule has 3 rings (SSSR count). The van der Waals surface area contributed by atoms with Gasteiger partial charge in [-0.3, -0.25) is 15.0 Å². The number of nitro benzene ring substituents is 1. The second-order valence-electron chi connectivity index (χ2n) is 7.13. The first-order chi connectivity index (χ1) is 13.6. The molecule has 0 saturated carbocycles. The predicted molar refractivity (Wildman–Crippen MR) is 104 cm³/mol. The van der Waals surface area contributed by atoms with Crippen molar-refractivity contribution in [2.45, 2.75) is 30.3 Å². The van der Waals surface area contributed by atoms with E-state index in [1.165, 1.54) is 30.3 Å². The Morgan fingerprint density at radius 2 is 1.93 bits per heavy atom. The third-order valence-electron chi connectivity index (χ3n) is 4.88. The fourth-order valence-corrected chi connectivity index (χ4v) is 4.37. The van der Waals surface area contributed by atoms with Crippen molar-refractivity contribution in [1.29, 1.82) is 0 Å². The number of sulfone groups is 1. The molecule has 0 amide bonds. The zero-order chi connectivity index (χ0) is 21.2. The Hall–Kier alpha value is -2.59. The van der Waals surface area contributed by atoms with E-state index < -0.39 is 32.1 Å². The Balaban J connectivity index is 1.75. The molecule has 1 fully saturated rings. The summed E-state index contributed by atoms with van der Waals surface area (Å²) in [5.41, 5.74) is -0.0128. The van der Waals surface area contributed by atoms with Gasteiger partial charge in [0.05, 0.1) is 4.92 Å². The minimum Gasteiger partial charge on any atom is -0.381 e. The topological polar surface area (TPSA) is 92.6 Å². The average Bonchev–Trinajstić information content (AvgIpc) is 2.64. The van der Waals surface area contributed by atoms with E-state index in [0.29, 0.717) is 18.8 Å². The van der Waals surface area contributed by atoms with E-state index in [1.807, 2.05) is 4.90 Å². The van der Waals surface area contributed by atoms with Crippen molar-refractivity contribution in [1.82, 2.24) is 4.90 Å². The Bertz CT molecular complexity index is 1010. The van der Waals surface area contributed by atoms with Gasteiger partial charge in [0.25, 0.3) is 5.69 Å². The highest BCUT2D eigenvalue weighted by atomic mass is 32.2. The molecule has 0 radical (unpaired) electrons. The molecule has 10 heteroatoms. The summed E-state index contributed by atoms with van der Waals surface area (Å²) in [6, 6.07) is 7.55. The third-order valence-corrected chi connectivity index (χ3v) is 6.00. The van der Waals surface area contributed by atoms with Crippen LogP contribution in [-0.2, 0) is 16.4 Å². The van der Waals surface area contributed by atoms with Gasteiger partial charge in [-0.25, -0.2) is 17.2 Å². The first-order valence-corrected chi connectivity index (χ1v) is 10.9. The van der Waals surface area contributed by atoms with Crippen LogP contribution in [0.25, 0.3) is 0 Å². The minimum absolute atomic E-state index is 0.0165. The van der Waals surface area contributed by atoms with E-state index in [0.717, 1.165) is 25.2 Å². The van der Waals surface area contributed by atoms with Crippen molar-refractivity contribution in [2.24, 2.45) is 0 Å². The first-order valence-electron chi connectivity index (χ1n) is 9.05. The Labute approximate surface area is 167 Å². The molecule has 2 aromatic carbocycles. The van der Waals surface area contributed by atoms with Gasteiger partial charge in [0.2, 0.25) is 0 Å². The molecule has 1 heterocycles. The monoisotopic (exact) mass is 425 g/mol. The summed E-state index contributed by atoms with van der Waals surface area (Å²) in [5.74, 6) is -1.18. The molecule has 7 nitrogen and oxygen atoms in total. The number of benzene rings is 2. The van der Waals surface area contributed by atoms with Crippen LogP contribution in [0.1, 0.15) is 18.4 Å². The summed E-state index contributed by atoms with van der Waals surface area (Å²) >= 11 is 0. The number of nitro groups is 1. The number of piperidine rings is 1. The molecule has 29 heavy (non-hydrogen) atoms. The molecular formula is C19H21F2N3O4S. The van der Waals surface area contributed by atoms with Gasteiger partial charge in [0, 0.05) is 42.7 Å². The lowest BCUT2D eigenvalue weighted by Crippen LogP contribution is -2.41. The van der Waals surface area contributed by atoms with Gasteiger partial charge >= 0.3 is 0 Å². The Morgan fingerprint density at radius 3 is 2.55 bits per heavy atom. The number of likely N-dealkylation sites (tertiary alicyclic amines) is 1. The molecule has 1 N–H and O–H groups in total. The van der Waals surface area contributed by atoms with Crippen LogP contribution in [0.2, 0.25) is 0 Å². The summed E-state index contributed by atoms with van der Waals surface area (Å²) in [5, 5.41) is 14.3. The van der Waals surface area contributed by atoms with E-state index >= 15 is 0 Å². The van der Waals surface area contributed by atoms with Crippen LogP contribution in [0.3, 0.4) is 0 Å². The molecule has 1 saturated heterocycles. The van der Waals surface area contributed by atoms with Gasteiger partial charge in [0.1, 0.15) is 16.5 Å². The average molecular weight is 425 g/mol. The highest BCUT2D eigenvalue weighted by Crippen LogP contribution is 2.28. The molecule has 0 aliphatic carbocycles. The van der Waals surface area contributed by atoms with Crippen LogP contribution >= 0.6 is 0 Å². The van der Waals surface area contributed by atoms with Gasteiger partial charge < -0.3 is 5.32 Å². The number of hydrogen-bond donors (Lipinski definition) is 1. The molecule has 0 bridgehead atoms. The van der Waals surface area contributed by atoms with Crippen molar-refractivity contribution in [3.8, 4) is 0 Å². The largest absolute Gasteiger partial charge is 0.381 e. The van der Waals surface area contributed by atoms with Crippen LogP contribution in [0.5, 0.6) is 0 Å². The van der Waals surface area contributed by atoms with Crippen LogP contribution in [0.15, 0.2) is 41.3 Å². The maximum atomic E-state index is 13.9. The number of halogens is 2. The van der Waals surface area contributed by atoms with E-state index in [9.17, 15) is 27.3 Å². The number of rotatable bonds is 6. The molecule has 0 aromatic heterocycles. The summed E-state index contributed by atoms with van der Waals surface area (Å²) in [7, 11) is -3.78. The molecule has 1 aliphatic heterocycles. The second-order valence-corrected chi connectivity index (χ2v) is 9.11. The Kier molecular flexibility index (Phi) is 6.13. The number of anilines is 1. The summed E-state index contributed by atoms with van der Waals surface area (Å²) in [6.45, 7) is 1.31. The molecule has 156 valence electrons. The molecule has 2 aromatic rings. The Morgan fingerprint density at radius 1 is 1.24 bits per heavy atom. The quantitative estimate of drug-likeness (QED) is 0.564. The fourth-order valence-electron chi connectivity index (χ4n) is 3.51. The lowest BCUT2D eigenvalue weighted by atomic mass is 10.0. The number of nitrogens with zero attached hydrogens (tertiary/aromatic N) is 2. The van der Waals surface area contributed by atoms with Crippen molar-refractivity contribution < 1.29 is 22.1 Å². The summed E-state index contributed by atoms with van der Waals surface area (Å²) in [4.78, 5) is 11.9. The highest BCUT2D eigenvalue weighted by molar-refractivity contribution is 7.90. The van der Waals surface area contributed by atoms with Crippen molar-refractivity contribution >= 4 is 21.2 Å². The third kappa shape index (κ3) is 5.07. The minimum atomic E-state index is -3.78. The van der Waals surface area contributed by atoms with Gasteiger partial charge in [-0.1, -0.05) is 6.07 Å². The molecule has 0 spiro atoms. The number of nitrogens with one attached hydrogen (secondary N) is 1. The van der Waals surface area contributed by atoms with Crippen LogP contribution in [0, 0.1) is 21.7 Å². The smallest absolute Gasteiger partial charge is 0.288 e. The molecule has 1 unspecified atom stereocenters. The van der Waals surface area contributed by atoms with Crippen molar-refractivity contribution in [2.75, 3.05) is 24.7 Å². The predicted octanol–water partition coefficient (Wildman–Crippen LogP) is 3.35.